The molecule has 1 saturated heterocycles. The van der Waals surface area contributed by atoms with E-state index in [2.05, 4.69) is 11.0 Å². The Kier molecular flexibility index (Phi) is 6.87. The van der Waals surface area contributed by atoms with Crippen LogP contribution in [0.25, 0.3) is 0 Å². The molecule has 0 unspecified atom stereocenters. The second-order valence-corrected chi connectivity index (χ2v) is 7.43. The SMILES string of the molecule is C[C@@H](SC(=S)N1CCCC1)C(=O)N(CCC#N)c1ccccc1. The normalized spacial score (nSPS) is 15.0. The van der Waals surface area contributed by atoms with Crippen LogP contribution >= 0.6 is 24.0 Å². The highest BCUT2D eigenvalue weighted by molar-refractivity contribution is 8.23. The molecule has 0 N–H and O–H groups in total. The standard InChI is InChI=1S/C17H21N3OS2/c1-14(23-17(22)19-11-5-6-12-19)16(21)20(13-7-10-18)15-8-3-2-4-9-15/h2-4,8-9,14H,5-7,11-13H2,1H3/t14-/m1/s1. The lowest BCUT2D eigenvalue weighted by Gasteiger charge is -2.26. The molecule has 1 aromatic rings. The second-order valence-electron chi connectivity index (χ2n) is 5.45. The molecular formula is C17H21N3OS2. The maximum atomic E-state index is 12.8. The van der Waals surface area contributed by atoms with Gasteiger partial charge in [-0.2, -0.15) is 5.26 Å². The lowest BCUT2D eigenvalue weighted by atomic mass is 10.2. The Morgan fingerprint density at radius 2 is 2.04 bits per heavy atom. The number of nitriles is 1. The summed E-state index contributed by atoms with van der Waals surface area (Å²) in [7, 11) is 0. The van der Waals surface area contributed by atoms with Gasteiger partial charge in [-0.15, -0.1) is 0 Å². The average molecular weight is 348 g/mol. The van der Waals surface area contributed by atoms with Gasteiger partial charge in [-0.1, -0.05) is 42.2 Å². The number of para-hydroxylation sites is 1. The third-order valence-corrected chi connectivity index (χ3v) is 5.33. The second kappa shape index (κ2) is 8.90. The van der Waals surface area contributed by atoms with Crippen LogP contribution in [-0.4, -0.2) is 40.0 Å². The molecule has 1 aliphatic heterocycles. The zero-order chi connectivity index (χ0) is 16.7. The highest BCUT2D eigenvalue weighted by Gasteiger charge is 2.25. The molecular weight excluding hydrogens is 326 g/mol. The van der Waals surface area contributed by atoms with Crippen LogP contribution in [0, 0.1) is 11.3 Å². The minimum Gasteiger partial charge on any atom is -0.358 e. The smallest absolute Gasteiger partial charge is 0.240 e. The highest BCUT2D eigenvalue weighted by Crippen LogP contribution is 2.24. The van der Waals surface area contributed by atoms with Gasteiger partial charge in [-0.3, -0.25) is 4.79 Å². The summed E-state index contributed by atoms with van der Waals surface area (Å²) in [4.78, 5) is 16.7. The third kappa shape index (κ3) is 4.95. The van der Waals surface area contributed by atoms with E-state index in [1.807, 2.05) is 37.3 Å². The number of thiocarbonyl (C=S) groups is 1. The largest absolute Gasteiger partial charge is 0.358 e. The van der Waals surface area contributed by atoms with Crippen molar-refractivity contribution in [2.45, 2.75) is 31.4 Å². The minimum absolute atomic E-state index is 0.00185. The molecule has 1 heterocycles. The maximum Gasteiger partial charge on any atom is 0.240 e. The van der Waals surface area contributed by atoms with Crippen molar-refractivity contribution in [3.05, 3.63) is 30.3 Å². The summed E-state index contributed by atoms with van der Waals surface area (Å²) >= 11 is 6.91. The molecule has 0 radical (unpaired) electrons. The topological polar surface area (TPSA) is 47.3 Å². The van der Waals surface area contributed by atoms with Crippen molar-refractivity contribution in [1.29, 1.82) is 5.26 Å². The Hall–Kier alpha value is -1.58. The van der Waals surface area contributed by atoms with Crippen molar-refractivity contribution in [2.75, 3.05) is 24.5 Å². The first-order chi connectivity index (χ1) is 11.1. The number of hydrogen-bond acceptors (Lipinski definition) is 4. The van der Waals surface area contributed by atoms with E-state index in [9.17, 15) is 4.79 Å². The Morgan fingerprint density at radius 1 is 1.39 bits per heavy atom. The van der Waals surface area contributed by atoms with Gasteiger partial charge in [0.25, 0.3) is 0 Å². The number of thioether (sulfide) groups is 1. The molecule has 0 bridgehead atoms. The number of nitrogens with zero attached hydrogens (tertiary/aromatic N) is 3. The molecule has 0 spiro atoms. The van der Waals surface area contributed by atoms with Crippen molar-refractivity contribution in [2.24, 2.45) is 0 Å². The monoisotopic (exact) mass is 347 g/mol. The van der Waals surface area contributed by atoms with Crippen molar-refractivity contribution in [3.8, 4) is 6.07 Å². The first-order valence-electron chi connectivity index (χ1n) is 7.82. The summed E-state index contributed by atoms with van der Waals surface area (Å²) < 4.78 is 0.802. The van der Waals surface area contributed by atoms with Crippen LogP contribution in [0.1, 0.15) is 26.2 Å². The minimum atomic E-state index is -0.262. The Labute approximate surface area is 147 Å². The van der Waals surface area contributed by atoms with Crippen LogP contribution in [0.5, 0.6) is 0 Å². The number of amides is 1. The average Bonchev–Trinajstić information content (AvgIpc) is 3.10. The van der Waals surface area contributed by atoms with E-state index in [1.165, 1.54) is 24.6 Å². The van der Waals surface area contributed by atoms with Crippen LogP contribution in [0.4, 0.5) is 5.69 Å². The van der Waals surface area contributed by atoms with E-state index >= 15 is 0 Å². The Balaban J connectivity index is 2.03. The van der Waals surface area contributed by atoms with E-state index in [0.29, 0.717) is 13.0 Å². The van der Waals surface area contributed by atoms with Gasteiger partial charge in [0.1, 0.15) is 4.32 Å². The Morgan fingerprint density at radius 3 is 2.65 bits per heavy atom. The van der Waals surface area contributed by atoms with Gasteiger partial charge < -0.3 is 9.80 Å². The maximum absolute atomic E-state index is 12.8. The lowest BCUT2D eigenvalue weighted by molar-refractivity contribution is -0.117. The summed E-state index contributed by atoms with van der Waals surface area (Å²) in [6.07, 6.45) is 2.65. The Bertz CT molecular complexity index is 579. The van der Waals surface area contributed by atoms with Crippen molar-refractivity contribution in [1.82, 2.24) is 4.90 Å². The van der Waals surface area contributed by atoms with E-state index < -0.39 is 0 Å². The first-order valence-corrected chi connectivity index (χ1v) is 9.11. The van der Waals surface area contributed by atoms with E-state index in [4.69, 9.17) is 17.5 Å². The number of anilines is 1. The van der Waals surface area contributed by atoms with Gasteiger partial charge in [-0.05, 0) is 31.9 Å². The van der Waals surface area contributed by atoms with E-state index in [-0.39, 0.29) is 11.2 Å². The van der Waals surface area contributed by atoms with Crippen LogP contribution in [0.2, 0.25) is 0 Å². The van der Waals surface area contributed by atoms with Crippen molar-refractivity contribution >= 4 is 39.9 Å². The van der Waals surface area contributed by atoms with Gasteiger partial charge in [0.15, 0.2) is 0 Å². The molecule has 4 nitrogen and oxygen atoms in total. The number of benzene rings is 1. The van der Waals surface area contributed by atoms with Gasteiger partial charge in [0.2, 0.25) is 5.91 Å². The third-order valence-electron chi connectivity index (χ3n) is 3.77. The van der Waals surface area contributed by atoms with E-state index in [1.54, 1.807) is 4.90 Å². The number of carbonyl (C=O) groups excluding carboxylic acids is 1. The van der Waals surface area contributed by atoms with Gasteiger partial charge in [-0.25, -0.2) is 0 Å². The molecule has 122 valence electrons. The van der Waals surface area contributed by atoms with Crippen LogP contribution in [0.3, 0.4) is 0 Å². The number of hydrogen-bond donors (Lipinski definition) is 0. The number of rotatable bonds is 5. The molecule has 1 aliphatic rings. The number of carbonyl (C=O) groups is 1. The summed E-state index contributed by atoms with van der Waals surface area (Å²) in [5, 5.41) is 8.59. The van der Waals surface area contributed by atoms with Gasteiger partial charge in [0.05, 0.1) is 17.7 Å². The lowest BCUT2D eigenvalue weighted by Crippen LogP contribution is -2.38. The first kappa shape index (κ1) is 17.8. The van der Waals surface area contributed by atoms with Crippen molar-refractivity contribution in [3.63, 3.8) is 0 Å². The van der Waals surface area contributed by atoms with Gasteiger partial charge >= 0.3 is 0 Å². The molecule has 0 aliphatic carbocycles. The van der Waals surface area contributed by atoms with Crippen molar-refractivity contribution < 1.29 is 4.79 Å². The fraction of sp³-hybridized carbons (Fsp3) is 0.471. The summed E-state index contributed by atoms with van der Waals surface area (Å²) in [6.45, 7) is 4.27. The molecule has 1 atom stereocenters. The highest BCUT2D eigenvalue weighted by atomic mass is 32.2. The molecule has 0 aromatic heterocycles. The molecule has 1 fully saturated rings. The zero-order valence-corrected chi connectivity index (χ0v) is 14.9. The predicted octanol–water partition coefficient (Wildman–Crippen LogP) is 3.44. The molecule has 6 heteroatoms. The molecule has 0 saturated carbocycles. The fourth-order valence-electron chi connectivity index (χ4n) is 2.53. The van der Waals surface area contributed by atoms with Crippen LogP contribution in [-0.2, 0) is 4.79 Å². The zero-order valence-electron chi connectivity index (χ0n) is 13.3. The van der Waals surface area contributed by atoms with Crippen LogP contribution < -0.4 is 4.90 Å². The predicted molar refractivity (Wildman–Crippen MR) is 99.5 cm³/mol. The van der Waals surface area contributed by atoms with Crippen LogP contribution in [0.15, 0.2) is 30.3 Å². The number of likely N-dealkylation sites (tertiary alicyclic amines) is 1. The quantitative estimate of drug-likeness (QED) is 0.764. The molecule has 2 rings (SSSR count). The van der Waals surface area contributed by atoms with E-state index in [0.717, 1.165) is 23.1 Å². The summed E-state index contributed by atoms with van der Waals surface area (Å²) in [6, 6.07) is 11.6. The molecule has 1 amide bonds. The summed E-state index contributed by atoms with van der Waals surface area (Å²) in [5.41, 5.74) is 0.826. The van der Waals surface area contributed by atoms with Gasteiger partial charge in [0, 0.05) is 25.3 Å². The molecule has 1 aromatic carbocycles. The summed E-state index contributed by atoms with van der Waals surface area (Å²) in [5.74, 6) is -0.00185. The molecule has 23 heavy (non-hydrogen) atoms. The fourth-order valence-corrected chi connectivity index (χ4v) is 4.01.